The van der Waals surface area contributed by atoms with Crippen LogP contribution in [0.3, 0.4) is 0 Å². The van der Waals surface area contributed by atoms with E-state index in [0.29, 0.717) is 42.9 Å². The van der Waals surface area contributed by atoms with Gasteiger partial charge >= 0.3 is 6.09 Å². The lowest BCUT2D eigenvalue weighted by Crippen LogP contribution is -2.56. The van der Waals surface area contributed by atoms with Crippen LogP contribution >= 0.6 is 0 Å². The molecule has 48 heavy (non-hydrogen) atoms. The van der Waals surface area contributed by atoms with Crippen molar-refractivity contribution in [1.29, 1.82) is 0 Å². The highest BCUT2D eigenvalue weighted by atomic mass is 16.6. The van der Waals surface area contributed by atoms with Gasteiger partial charge in [0.1, 0.15) is 17.5 Å². The number of nitrogens with one attached hydrogen (secondary N) is 1. The van der Waals surface area contributed by atoms with Crippen molar-refractivity contribution >= 4 is 34.7 Å². The normalized spacial score (nSPS) is 16.9. The largest absolute Gasteiger partial charge is 0.483 e. The third-order valence-electron chi connectivity index (χ3n) is 8.86. The Morgan fingerprint density at radius 1 is 1.00 bits per heavy atom. The van der Waals surface area contributed by atoms with Crippen molar-refractivity contribution in [2.45, 2.75) is 58.0 Å². The van der Waals surface area contributed by atoms with E-state index in [2.05, 4.69) is 10.3 Å². The van der Waals surface area contributed by atoms with Gasteiger partial charge in [0.05, 0.1) is 18.2 Å². The minimum Gasteiger partial charge on any atom is -0.483 e. The fraction of sp³-hybridized carbons (Fsp3) is 0.472. The first-order valence-electron chi connectivity index (χ1n) is 16.8. The van der Waals surface area contributed by atoms with Crippen LogP contribution in [0.5, 0.6) is 5.75 Å². The molecule has 12 heteroatoms. The predicted octanol–water partition coefficient (Wildman–Crippen LogP) is 3.85. The van der Waals surface area contributed by atoms with Crippen LogP contribution in [-0.2, 0) is 14.3 Å². The van der Waals surface area contributed by atoms with Gasteiger partial charge in [-0.1, -0.05) is 49.7 Å². The van der Waals surface area contributed by atoms with Crippen molar-refractivity contribution in [3.63, 3.8) is 0 Å². The van der Waals surface area contributed by atoms with E-state index < -0.39 is 18.0 Å². The molecular weight excluding hydrogens is 614 g/mol. The number of unbranched alkanes of at least 4 members (excludes halogenated alkanes) is 1. The molecule has 2 aromatic carbocycles. The Balaban J connectivity index is 1.26. The average Bonchev–Trinajstić information content (AvgIpc) is 3.60. The number of carbonyl (C=O) groups excluding carboxylic acids is 4. The second kappa shape index (κ2) is 16.4. The molecule has 2 saturated heterocycles. The number of amides is 4. The Labute approximate surface area is 281 Å². The van der Waals surface area contributed by atoms with Crippen LogP contribution in [0, 0.1) is 6.92 Å². The summed E-state index contributed by atoms with van der Waals surface area (Å²) in [4.78, 5) is 62.3. The van der Waals surface area contributed by atoms with E-state index in [-0.39, 0.29) is 56.3 Å². The monoisotopic (exact) mass is 659 g/mol. The van der Waals surface area contributed by atoms with Crippen molar-refractivity contribution in [3.05, 3.63) is 71.4 Å². The van der Waals surface area contributed by atoms with Gasteiger partial charge in [0.25, 0.3) is 11.8 Å². The van der Waals surface area contributed by atoms with E-state index in [1.165, 1.54) is 6.07 Å². The number of pyridine rings is 1. The zero-order valence-electron chi connectivity index (χ0n) is 27.7. The molecule has 0 radical (unpaired) electrons. The van der Waals surface area contributed by atoms with Gasteiger partial charge in [0.2, 0.25) is 5.91 Å². The number of carbonyl (C=O) groups is 4. The van der Waals surface area contributed by atoms with Crippen molar-refractivity contribution < 1.29 is 33.8 Å². The van der Waals surface area contributed by atoms with Crippen molar-refractivity contribution in [3.8, 4) is 5.75 Å². The molecule has 2 unspecified atom stereocenters. The van der Waals surface area contributed by atoms with Gasteiger partial charge in [0.15, 0.2) is 6.61 Å². The minimum atomic E-state index is -1.00. The SMILES string of the molecule is CCCCOC(=O)N1CCN(C(=O)C(CCO)NC(=O)c2cc(OCC(=O)N3CCCC3c3ccccc3)c3ccc(C)cc3n2)CC1. The molecule has 0 aliphatic carbocycles. The van der Waals surface area contributed by atoms with Crippen LogP contribution in [0.1, 0.15) is 66.7 Å². The Morgan fingerprint density at radius 2 is 1.75 bits per heavy atom. The molecule has 2 atom stereocenters. The quantitative estimate of drug-likeness (QED) is 0.280. The van der Waals surface area contributed by atoms with E-state index in [1.807, 2.05) is 67.3 Å². The van der Waals surface area contributed by atoms with E-state index in [4.69, 9.17) is 9.47 Å². The molecule has 2 N–H and O–H groups in total. The van der Waals surface area contributed by atoms with E-state index in [9.17, 15) is 24.3 Å². The second-order valence-electron chi connectivity index (χ2n) is 12.3. The number of aliphatic hydroxyl groups excluding tert-OH is 1. The molecule has 12 nitrogen and oxygen atoms in total. The zero-order chi connectivity index (χ0) is 34.0. The lowest BCUT2D eigenvalue weighted by Gasteiger charge is -2.36. The maximum atomic E-state index is 13.6. The van der Waals surface area contributed by atoms with Crippen LogP contribution in [0.2, 0.25) is 0 Å². The van der Waals surface area contributed by atoms with Crippen molar-refractivity contribution in [2.75, 3.05) is 52.5 Å². The second-order valence-corrected chi connectivity index (χ2v) is 12.3. The number of hydrogen-bond acceptors (Lipinski definition) is 8. The van der Waals surface area contributed by atoms with E-state index in [1.54, 1.807) is 9.80 Å². The number of rotatable bonds is 12. The molecule has 3 heterocycles. The lowest BCUT2D eigenvalue weighted by molar-refractivity contribution is -0.135. The van der Waals surface area contributed by atoms with Gasteiger partial charge in [-0.05, 0) is 55.9 Å². The summed E-state index contributed by atoms with van der Waals surface area (Å²) in [7, 11) is 0. The molecule has 4 amide bonds. The number of aliphatic hydroxyl groups is 1. The van der Waals surface area contributed by atoms with Gasteiger partial charge in [-0.25, -0.2) is 9.78 Å². The first-order valence-corrected chi connectivity index (χ1v) is 16.8. The summed E-state index contributed by atoms with van der Waals surface area (Å²) in [5.41, 5.74) is 2.56. The van der Waals surface area contributed by atoms with E-state index in [0.717, 1.165) is 36.8 Å². The van der Waals surface area contributed by atoms with Crippen LogP contribution < -0.4 is 10.1 Å². The number of hydrogen-bond donors (Lipinski definition) is 2. The molecule has 0 spiro atoms. The topological polar surface area (TPSA) is 142 Å². The molecular formula is C36H45N5O7. The van der Waals surface area contributed by atoms with Crippen LogP contribution in [0.4, 0.5) is 4.79 Å². The fourth-order valence-electron chi connectivity index (χ4n) is 6.20. The van der Waals surface area contributed by atoms with Crippen LogP contribution in [0.25, 0.3) is 10.9 Å². The number of aryl methyl sites for hydroxylation is 1. The summed E-state index contributed by atoms with van der Waals surface area (Å²) >= 11 is 0. The summed E-state index contributed by atoms with van der Waals surface area (Å²) < 4.78 is 11.4. The Kier molecular flexibility index (Phi) is 11.8. The Bertz CT molecular complexity index is 1590. The standard InChI is InChI=1S/C36H45N5O7/c1-3-4-21-47-36(46)40-18-16-39(17-19-40)35(45)28(14-20-42)38-34(44)30-23-32(27-13-12-25(2)22-29(27)37-30)48-24-33(43)41-15-8-11-31(41)26-9-6-5-7-10-26/h5-7,9-10,12-13,22-23,28,31,42H,3-4,8,11,14-21,24H2,1-2H3,(H,38,44). The van der Waals surface area contributed by atoms with Gasteiger partial charge in [-0.15, -0.1) is 0 Å². The number of benzene rings is 2. The third kappa shape index (κ3) is 8.41. The first-order chi connectivity index (χ1) is 23.3. The number of piperazine rings is 1. The minimum absolute atomic E-state index is 0.00676. The van der Waals surface area contributed by atoms with E-state index >= 15 is 0 Å². The molecule has 1 aromatic heterocycles. The summed E-state index contributed by atoms with van der Waals surface area (Å²) in [5.74, 6) is -0.773. The van der Waals surface area contributed by atoms with Gasteiger partial charge in [0, 0.05) is 50.8 Å². The lowest BCUT2D eigenvalue weighted by atomic mass is 10.0. The molecule has 2 aliphatic heterocycles. The molecule has 0 bridgehead atoms. The molecule has 0 saturated carbocycles. The highest BCUT2D eigenvalue weighted by molar-refractivity contribution is 5.99. The molecule has 2 fully saturated rings. The number of nitrogens with zero attached hydrogens (tertiary/aromatic N) is 4. The summed E-state index contributed by atoms with van der Waals surface area (Å²) in [6.45, 7) is 5.58. The Morgan fingerprint density at radius 3 is 2.48 bits per heavy atom. The molecule has 2 aliphatic rings. The maximum Gasteiger partial charge on any atom is 0.409 e. The van der Waals surface area contributed by atoms with Crippen molar-refractivity contribution in [2.24, 2.45) is 0 Å². The van der Waals surface area contributed by atoms with Crippen LogP contribution in [0.15, 0.2) is 54.6 Å². The maximum absolute atomic E-state index is 13.6. The van der Waals surface area contributed by atoms with Gasteiger partial charge < -0.3 is 34.6 Å². The fourth-order valence-corrected chi connectivity index (χ4v) is 6.20. The highest BCUT2D eigenvalue weighted by Crippen LogP contribution is 2.32. The summed E-state index contributed by atoms with van der Waals surface area (Å²) in [6.07, 6.45) is 3.10. The van der Waals surface area contributed by atoms with Gasteiger partial charge in [-0.3, -0.25) is 14.4 Å². The highest BCUT2D eigenvalue weighted by Gasteiger charge is 2.32. The summed E-state index contributed by atoms with van der Waals surface area (Å²) in [5, 5.41) is 13.1. The third-order valence-corrected chi connectivity index (χ3v) is 8.86. The smallest absolute Gasteiger partial charge is 0.409 e. The number of likely N-dealkylation sites (tertiary alicyclic amines) is 1. The number of fused-ring (bicyclic) bond motifs is 1. The van der Waals surface area contributed by atoms with Crippen LogP contribution in [-0.4, -0.2) is 107 Å². The predicted molar refractivity (Wildman–Crippen MR) is 179 cm³/mol. The van der Waals surface area contributed by atoms with Gasteiger partial charge in [-0.2, -0.15) is 0 Å². The number of ether oxygens (including phenoxy) is 2. The summed E-state index contributed by atoms with van der Waals surface area (Å²) in [6, 6.07) is 16.0. The number of aromatic nitrogens is 1. The molecule has 3 aromatic rings. The molecule has 256 valence electrons. The Hall–Kier alpha value is -4.71. The zero-order valence-corrected chi connectivity index (χ0v) is 27.7. The average molecular weight is 660 g/mol. The molecule has 5 rings (SSSR count). The first kappa shape index (κ1) is 34.6. The van der Waals surface area contributed by atoms with Crippen molar-refractivity contribution in [1.82, 2.24) is 25.0 Å².